The molecule has 2 N–H and O–H groups in total. The van der Waals surface area contributed by atoms with Crippen LogP contribution in [0.4, 0.5) is 5.69 Å². The topological polar surface area (TPSA) is 42.4 Å². The van der Waals surface area contributed by atoms with Gasteiger partial charge >= 0.3 is 0 Å². The van der Waals surface area contributed by atoms with Gasteiger partial charge in [0.25, 0.3) is 0 Å². The normalized spacial score (nSPS) is 10.6. The third kappa shape index (κ3) is 2.94. The number of hydrogen-bond acceptors (Lipinski definition) is 3. The van der Waals surface area contributed by atoms with Crippen LogP contribution in [0.5, 0.6) is 0 Å². The van der Waals surface area contributed by atoms with Crippen LogP contribution in [-0.2, 0) is 13.1 Å². The molecule has 18 heavy (non-hydrogen) atoms. The summed E-state index contributed by atoms with van der Waals surface area (Å²) < 4.78 is 6.47. The smallest absolute Gasteiger partial charge is 0.123 e. The largest absolute Gasteiger partial charge is 0.467 e. The molecule has 0 saturated carbocycles. The van der Waals surface area contributed by atoms with Gasteiger partial charge < -0.3 is 15.1 Å². The lowest BCUT2D eigenvalue weighted by Crippen LogP contribution is -2.23. The quantitative estimate of drug-likeness (QED) is 0.919. The van der Waals surface area contributed by atoms with Crippen LogP contribution in [0, 0.1) is 0 Å². The van der Waals surface area contributed by atoms with Gasteiger partial charge in [-0.05, 0) is 36.8 Å². The van der Waals surface area contributed by atoms with Crippen LogP contribution in [0.1, 0.15) is 18.2 Å². The zero-order valence-corrected chi connectivity index (χ0v) is 12.0. The van der Waals surface area contributed by atoms with Crippen LogP contribution in [0.3, 0.4) is 0 Å². The van der Waals surface area contributed by atoms with Crippen molar-refractivity contribution < 1.29 is 4.42 Å². The van der Waals surface area contributed by atoms with Crippen molar-refractivity contribution in [2.75, 3.05) is 11.4 Å². The summed E-state index contributed by atoms with van der Waals surface area (Å²) in [6, 6.07) is 10.1. The van der Waals surface area contributed by atoms with Crippen molar-refractivity contribution in [3.05, 3.63) is 52.4 Å². The minimum atomic E-state index is 0.539. The highest BCUT2D eigenvalue weighted by Gasteiger charge is 2.11. The van der Waals surface area contributed by atoms with Crippen LogP contribution < -0.4 is 10.6 Å². The van der Waals surface area contributed by atoms with Gasteiger partial charge in [0.1, 0.15) is 5.76 Å². The van der Waals surface area contributed by atoms with Crippen molar-refractivity contribution in [1.82, 2.24) is 0 Å². The SMILES string of the molecule is CCN(Cc1ccco1)c1cc(Br)ccc1CN. The number of nitrogens with two attached hydrogens (primary N) is 1. The second kappa shape index (κ2) is 6.07. The summed E-state index contributed by atoms with van der Waals surface area (Å²) in [5, 5.41) is 0. The molecule has 0 saturated heterocycles. The minimum absolute atomic E-state index is 0.539. The van der Waals surface area contributed by atoms with E-state index in [4.69, 9.17) is 10.2 Å². The molecule has 2 aromatic rings. The maximum atomic E-state index is 5.80. The van der Waals surface area contributed by atoms with Gasteiger partial charge in [0.15, 0.2) is 0 Å². The predicted molar refractivity (Wildman–Crippen MR) is 77.5 cm³/mol. The highest BCUT2D eigenvalue weighted by molar-refractivity contribution is 9.10. The first kappa shape index (κ1) is 13.2. The Morgan fingerprint density at radius 3 is 2.78 bits per heavy atom. The Morgan fingerprint density at radius 2 is 2.17 bits per heavy atom. The van der Waals surface area contributed by atoms with Crippen molar-refractivity contribution in [3.63, 3.8) is 0 Å². The van der Waals surface area contributed by atoms with E-state index in [1.165, 1.54) is 0 Å². The van der Waals surface area contributed by atoms with Gasteiger partial charge in [-0.1, -0.05) is 22.0 Å². The van der Waals surface area contributed by atoms with Crippen LogP contribution >= 0.6 is 15.9 Å². The summed E-state index contributed by atoms with van der Waals surface area (Å²) in [7, 11) is 0. The first-order valence-corrected chi connectivity index (χ1v) is 6.79. The monoisotopic (exact) mass is 308 g/mol. The maximum Gasteiger partial charge on any atom is 0.123 e. The third-order valence-electron chi connectivity index (χ3n) is 2.92. The highest BCUT2D eigenvalue weighted by atomic mass is 79.9. The Balaban J connectivity index is 2.28. The van der Waals surface area contributed by atoms with Crippen LogP contribution in [-0.4, -0.2) is 6.54 Å². The lowest BCUT2D eigenvalue weighted by Gasteiger charge is -2.24. The lowest BCUT2D eigenvalue weighted by atomic mass is 10.1. The molecule has 1 aromatic heterocycles. The Bertz CT molecular complexity index is 497. The fraction of sp³-hybridized carbons (Fsp3) is 0.286. The highest BCUT2D eigenvalue weighted by Crippen LogP contribution is 2.26. The van der Waals surface area contributed by atoms with Gasteiger partial charge in [0, 0.05) is 23.2 Å². The molecule has 0 radical (unpaired) electrons. The van der Waals surface area contributed by atoms with Gasteiger partial charge in [-0.2, -0.15) is 0 Å². The van der Waals surface area contributed by atoms with Crippen molar-refractivity contribution in [2.45, 2.75) is 20.0 Å². The van der Waals surface area contributed by atoms with E-state index in [1.54, 1.807) is 6.26 Å². The summed E-state index contributed by atoms with van der Waals surface area (Å²) >= 11 is 3.51. The van der Waals surface area contributed by atoms with Crippen LogP contribution in [0.2, 0.25) is 0 Å². The van der Waals surface area contributed by atoms with E-state index in [1.807, 2.05) is 18.2 Å². The van der Waals surface area contributed by atoms with Gasteiger partial charge in [-0.25, -0.2) is 0 Å². The van der Waals surface area contributed by atoms with E-state index in [0.717, 1.165) is 34.6 Å². The molecule has 0 spiro atoms. The van der Waals surface area contributed by atoms with Crippen molar-refractivity contribution in [1.29, 1.82) is 0 Å². The molecule has 0 aliphatic rings. The molecule has 2 rings (SSSR count). The van der Waals surface area contributed by atoms with E-state index < -0.39 is 0 Å². The zero-order valence-electron chi connectivity index (χ0n) is 10.4. The number of anilines is 1. The predicted octanol–water partition coefficient (Wildman–Crippen LogP) is 3.53. The fourth-order valence-corrected chi connectivity index (χ4v) is 2.31. The van der Waals surface area contributed by atoms with E-state index in [-0.39, 0.29) is 0 Å². The second-order valence-corrected chi connectivity index (χ2v) is 4.99. The molecule has 0 aliphatic carbocycles. The number of nitrogens with zero attached hydrogens (tertiary/aromatic N) is 1. The Morgan fingerprint density at radius 1 is 1.33 bits per heavy atom. The number of rotatable bonds is 5. The van der Waals surface area contributed by atoms with E-state index in [0.29, 0.717) is 6.54 Å². The minimum Gasteiger partial charge on any atom is -0.467 e. The van der Waals surface area contributed by atoms with E-state index in [2.05, 4.69) is 39.9 Å². The lowest BCUT2D eigenvalue weighted by molar-refractivity contribution is 0.503. The fourth-order valence-electron chi connectivity index (χ4n) is 1.96. The summed E-state index contributed by atoms with van der Waals surface area (Å²) in [6.07, 6.45) is 1.70. The van der Waals surface area contributed by atoms with Crippen LogP contribution in [0.25, 0.3) is 0 Å². The standard InChI is InChI=1S/C14H17BrN2O/c1-2-17(10-13-4-3-7-18-13)14-8-12(15)6-5-11(14)9-16/h3-8H,2,9-10,16H2,1H3. The van der Waals surface area contributed by atoms with E-state index in [9.17, 15) is 0 Å². The van der Waals surface area contributed by atoms with Crippen molar-refractivity contribution >= 4 is 21.6 Å². The Labute approximate surface area is 116 Å². The molecule has 0 bridgehead atoms. The molecule has 1 heterocycles. The molecule has 4 heteroatoms. The van der Waals surface area contributed by atoms with Crippen LogP contribution in [0.15, 0.2) is 45.5 Å². The van der Waals surface area contributed by atoms with Gasteiger partial charge in [0.05, 0.1) is 12.8 Å². The molecule has 0 atom stereocenters. The molecule has 0 aliphatic heterocycles. The average Bonchev–Trinajstić information content (AvgIpc) is 2.88. The number of benzene rings is 1. The summed E-state index contributed by atoms with van der Waals surface area (Å²) in [5.41, 5.74) is 8.10. The summed E-state index contributed by atoms with van der Waals surface area (Å²) in [4.78, 5) is 2.26. The second-order valence-electron chi connectivity index (χ2n) is 4.07. The summed E-state index contributed by atoms with van der Waals surface area (Å²) in [6.45, 7) is 4.33. The molecule has 1 aromatic carbocycles. The van der Waals surface area contributed by atoms with Crippen molar-refractivity contribution in [3.8, 4) is 0 Å². The maximum absolute atomic E-state index is 5.80. The third-order valence-corrected chi connectivity index (χ3v) is 3.41. The molecule has 0 fully saturated rings. The molecule has 3 nitrogen and oxygen atoms in total. The van der Waals surface area contributed by atoms with Gasteiger partial charge in [-0.3, -0.25) is 0 Å². The molecule has 96 valence electrons. The first-order valence-electron chi connectivity index (χ1n) is 6.00. The zero-order chi connectivity index (χ0) is 13.0. The van der Waals surface area contributed by atoms with Crippen molar-refractivity contribution in [2.24, 2.45) is 5.73 Å². The number of halogens is 1. The van der Waals surface area contributed by atoms with Gasteiger partial charge in [-0.15, -0.1) is 0 Å². The molecular weight excluding hydrogens is 292 g/mol. The first-order chi connectivity index (χ1) is 8.74. The Hall–Kier alpha value is -1.26. The molecule has 0 unspecified atom stereocenters. The average molecular weight is 309 g/mol. The molecule has 0 amide bonds. The molecular formula is C14H17BrN2O. The summed E-state index contributed by atoms with van der Waals surface area (Å²) in [5.74, 6) is 0.958. The Kier molecular flexibility index (Phi) is 4.44. The number of furan rings is 1. The van der Waals surface area contributed by atoms with E-state index >= 15 is 0 Å². The number of hydrogen-bond donors (Lipinski definition) is 1. The van der Waals surface area contributed by atoms with Gasteiger partial charge in [0.2, 0.25) is 0 Å².